The van der Waals surface area contributed by atoms with Crippen molar-refractivity contribution in [2.45, 2.75) is 19.1 Å². The van der Waals surface area contributed by atoms with Gasteiger partial charge in [-0.3, -0.25) is 4.79 Å². The number of halogens is 3. The van der Waals surface area contributed by atoms with Crippen LogP contribution in [0.4, 0.5) is 30.4 Å². The van der Waals surface area contributed by atoms with Crippen LogP contribution >= 0.6 is 0 Å². The second-order valence-electron chi connectivity index (χ2n) is 7.25. The first-order valence-corrected chi connectivity index (χ1v) is 9.71. The van der Waals surface area contributed by atoms with E-state index in [4.69, 9.17) is 4.74 Å². The van der Waals surface area contributed by atoms with Crippen LogP contribution in [0.5, 0.6) is 5.75 Å². The summed E-state index contributed by atoms with van der Waals surface area (Å²) in [7, 11) is 0. The number of rotatable bonds is 4. The number of nitrogens with zero attached hydrogens (tertiary/aromatic N) is 3. The number of hydrogen-bond acceptors (Lipinski definition) is 6. The first-order valence-electron chi connectivity index (χ1n) is 9.71. The number of nitrogens with one attached hydrogen (secondary N) is 1. The molecule has 0 spiro atoms. The Hall–Kier alpha value is -3.66. The van der Waals surface area contributed by atoms with Gasteiger partial charge in [0.2, 0.25) is 0 Å². The molecule has 0 saturated heterocycles. The third kappa shape index (κ3) is 4.22. The van der Waals surface area contributed by atoms with Crippen LogP contribution in [-0.2, 0) is 6.18 Å². The molecule has 1 amide bonds. The van der Waals surface area contributed by atoms with Crippen molar-refractivity contribution in [2.24, 2.45) is 0 Å². The molecular formula is C22H19F3N4O3. The molecule has 2 aromatic heterocycles. The molecule has 2 N–H and O–H groups in total. The fourth-order valence-electron chi connectivity index (χ4n) is 3.38. The molecular weight excluding hydrogens is 425 g/mol. The fraction of sp³-hybridized carbons (Fsp3) is 0.227. The summed E-state index contributed by atoms with van der Waals surface area (Å²) < 4.78 is 43.9. The van der Waals surface area contributed by atoms with E-state index in [1.165, 1.54) is 0 Å². The Morgan fingerprint density at radius 1 is 1.19 bits per heavy atom. The molecule has 1 unspecified atom stereocenters. The molecule has 0 bridgehead atoms. The molecule has 4 rings (SSSR count). The molecule has 166 valence electrons. The van der Waals surface area contributed by atoms with Gasteiger partial charge in [-0.1, -0.05) is 12.1 Å². The average Bonchev–Trinajstić information content (AvgIpc) is 2.78. The number of alkyl halides is 3. The lowest BCUT2D eigenvalue weighted by Crippen LogP contribution is -2.43. The molecule has 1 aliphatic rings. The number of pyridine rings is 2. The predicted molar refractivity (Wildman–Crippen MR) is 111 cm³/mol. The largest absolute Gasteiger partial charge is 0.488 e. The first-order chi connectivity index (χ1) is 15.3. The van der Waals surface area contributed by atoms with Gasteiger partial charge < -0.3 is 20.1 Å². The number of carbonyl (C=O) groups excluding carboxylic acids is 1. The Balaban J connectivity index is 1.65. The highest BCUT2D eigenvalue weighted by molar-refractivity contribution is 6.07. The van der Waals surface area contributed by atoms with Gasteiger partial charge in [-0.05, 0) is 42.8 Å². The molecule has 10 heteroatoms. The molecule has 7 nitrogen and oxygen atoms in total. The number of amides is 1. The van der Waals surface area contributed by atoms with Crippen molar-refractivity contribution < 1.29 is 27.8 Å². The Labute approximate surface area is 181 Å². The molecule has 0 radical (unpaired) electrons. The summed E-state index contributed by atoms with van der Waals surface area (Å²) in [6.07, 6.45) is -1.92. The minimum absolute atomic E-state index is 0.113. The zero-order valence-corrected chi connectivity index (χ0v) is 16.9. The second kappa shape index (κ2) is 8.46. The highest BCUT2D eigenvalue weighted by Gasteiger charge is 2.33. The summed E-state index contributed by atoms with van der Waals surface area (Å²) in [6.45, 7) is 1.83. The number of carbonyl (C=O) groups is 1. The van der Waals surface area contributed by atoms with Gasteiger partial charge in [-0.25, -0.2) is 9.97 Å². The van der Waals surface area contributed by atoms with E-state index < -0.39 is 23.8 Å². The Kier molecular flexibility index (Phi) is 5.70. The molecule has 1 aromatic carbocycles. The first kappa shape index (κ1) is 21.6. The van der Waals surface area contributed by atoms with Crippen molar-refractivity contribution in [2.75, 3.05) is 23.4 Å². The van der Waals surface area contributed by atoms with E-state index in [1.807, 2.05) is 19.1 Å². The normalized spacial score (nSPS) is 15.7. The third-order valence-corrected chi connectivity index (χ3v) is 4.95. The van der Waals surface area contributed by atoms with E-state index in [2.05, 4.69) is 15.3 Å². The molecule has 1 atom stereocenters. The van der Waals surface area contributed by atoms with Crippen molar-refractivity contribution in [3.05, 3.63) is 71.7 Å². The molecule has 0 fully saturated rings. The van der Waals surface area contributed by atoms with Crippen LogP contribution in [0.3, 0.4) is 0 Å². The van der Waals surface area contributed by atoms with Crippen molar-refractivity contribution in [3.63, 3.8) is 0 Å². The lowest BCUT2D eigenvalue weighted by Gasteiger charge is -2.37. The third-order valence-electron chi connectivity index (χ3n) is 4.95. The van der Waals surface area contributed by atoms with Crippen molar-refractivity contribution in [1.82, 2.24) is 9.97 Å². The van der Waals surface area contributed by atoms with E-state index in [-0.39, 0.29) is 30.2 Å². The van der Waals surface area contributed by atoms with Gasteiger partial charge in [0.15, 0.2) is 5.75 Å². The number of para-hydroxylation sites is 1. The zero-order chi connectivity index (χ0) is 22.9. The molecule has 32 heavy (non-hydrogen) atoms. The minimum atomic E-state index is -4.56. The molecule has 3 heterocycles. The van der Waals surface area contributed by atoms with Gasteiger partial charge in [-0.2, -0.15) is 13.2 Å². The lowest BCUT2D eigenvalue weighted by atomic mass is 10.1. The molecule has 1 aliphatic heterocycles. The van der Waals surface area contributed by atoms with E-state index in [1.54, 1.807) is 29.3 Å². The van der Waals surface area contributed by atoms with Gasteiger partial charge >= 0.3 is 6.18 Å². The highest BCUT2D eigenvalue weighted by atomic mass is 19.4. The number of ether oxygens (including phenoxy) is 1. The molecule has 0 saturated carbocycles. The SMILES string of the molecule is Cc1ccc(N2c3cccc(C(=O)Nc4ccc(C(F)(F)F)nc4)c3OCC2CO)nc1. The minimum Gasteiger partial charge on any atom is -0.488 e. The van der Waals surface area contributed by atoms with Crippen LogP contribution in [0.15, 0.2) is 54.9 Å². The zero-order valence-electron chi connectivity index (χ0n) is 16.9. The maximum absolute atomic E-state index is 12.9. The van der Waals surface area contributed by atoms with Crippen LogP contribution in [0.25, 0.3) is 0 Å². The monoisotopic (exact) mass is 444 g/mol. The lowest BCUT2D eigenvalue weighted by molar-refractivity contribution is -0.141. The number of anilines is 3. The number of hydrogen-bond donors (Lipinski definition) is 2. The number of fused-ring (bicyclic) bond motifs is 1. The number of aliphatic hydroxyl groups is 1. The second-order valence-corrected chi connectivity index (χ2v) is 7.25. The van der Waals surface area contributed by atoms with Gasteiger partial charge in [0.25, 0.3) is 5.91 Å². The summed E-state index contributed by atoms with van der Waals surface area (Å²) in [5.74, 6) is 0.309. The predicted octanol–water partition coefficient (Wildman–Crippen LogP) is 3.95. The summed E-state index contributed by atoms with van der Waals surface area (Å²) in [5.41, 5.74) is 0.774. The standard InChI is InChI=1S/C22H19F3N4O3/c1-13-5-8-19(27-9-13)29-15(11-30)12-32-20-16(3-2-4-17(20)29)21(31)28-14-6-7-18(26-10-14)22(23,24)25/h2-10,15,30H,11-12H2,1H3,(H,28,31). The highest BCUT2D eigenvalue weighted by Crippen LogP contribution is 2.41. The topological polar surface area (TPSA) is 87.6 Å². The van der Waals surface area contributed by atoms with Gasteiger partial charge in [0.1, 0.15) is 18.1 Å². The van der Waals surface area contributed by atoms with Crippen LogP contribution < -0.4 is 15.0 Å². The van der Waals surface area contributed by atoms with Crippen LogP contribution in [0.2, 0.25) is 0 Å². The van der Waals surface area contributed by atoms with E-state index in [0.717, 1.165) is 23.9 Å². The quantitative estimate of drug-likeness (QED) is 0.634. The number of aliphatic hydroxyl groups excluding tert-OH is 1. The van der Waals surface area contributed by atoms with E-state index in [0.29, 0.717) is 11.5 Å². The number of benzene rings is 1. The van der Waals surface area contributed by atoms with Crippen LogP contribution in [0, 0.1) is 6.92 Å². The Morgan fingerprint density at radius 3 is 2.62 bits per heavy atom. The van der Waals surface area contributed by atoms with Crippen molar-refractivity contribution in [1.29, 1.82) is 0 Å². The Bertz CT molecular complexity index is 1120. The van der Waals surface area contributed by atoms with E-state index >= 15 is 0 Å². The smallest absolute Gasteiger partial charge is 0.433 e. The maximum Gasteiger partial charge on any atom is 0.433 e. The van der Waals surface area contributed by atoms with Crippen molar-refractivity contribution >= 4 is 23.1 Å². The molecule has 0 aliphatic carbocycles. The average molecular weight is 444 g/mol. The maximum atomic E-state index is 12.9. The van der Waals surface area contributed by atoms with E-state index in [9.17, 15) is 23.1 Å². The van der Waals surface area contributed by atoms with Crippen LogP contribution in [-0.4, -0.2) is 40.2 Å². The van der Waals surface area contributed by atoms with Gasteiger partial charge in [0.05, 0.1) is 35.8 Å². The number of aryl methyl sites for hydroxylation is 1. The summed E-state index contributed by atoms with van der Waals surface area (Å²) >= 11 is 0. The van der Waals surface area contributed by atoms with Crippen LogP contribution in [0.1, 0.15) is 21.6 Å². The Morgan fingerprint density at radius 2 is 2.00 bits per heavy atom. The summed E-state index contributed by atoms with van der Waals surface area (Å²) in [6, 6.07) is 10.2. The van der Waals surface area contributed by atoms with Gasteiger partial charge in [0, 0.05) is 6.20 Å². The summed E-state index contributed by atoms with van der Waals surface area (Å²) in [5, 5.41) is 12.4. The van der Waals surface area contributed by atoms with Crippen molar-refractivity contribution in [3.8, 4) is 5.75 Å². The fourth-order valence-corrected chi connectivity index (χ4v) is 3.38. The summed E-state index contributed by atoms with van der Waals surface area (Å²) in [4.78, 5) is 22.5. The molecule has 3 aromatic rings. The number of aromatic nitrogens is 2. The van der Waals surface area contributed by atoms with Gasteiger partial charge in [-0.15, -0.1) is 0 Å².